The van der Waals surface area contributed by atoms with E-state index in [9.17, 15) is 10.2 Å². The average molecular weight is 713 g/mol. The molecule has 6 heteroatoms. The number of hydrogen-bond donors (Lipinski definition) is 2. The maximum absolute atomic E-state index is 10.5. The van der Waals surface area contributed by atoms with Crippen LogP contribution in [0, 0.1) is 0 Å². The molecule has 0 saturated heterocycles. The van der Waals surface area contributed by atoms with Gasteiger partial charge in [-0.1, -0.05) is 97.1 Å². The number of ether oxygens (including phenoxy) is 2. The van der Waals surface area contributed by atoms with Crippen LogP contribution in [0.5, 0.6) is 23.0 Å². The first-order chi connectivity index (χ1) is 25.5. The molecule has 0 radical (unpaired) electrons. The van der Waals surface area contributed by atoms with Gasteiger partial charge in [-0.15, -0.1) is 22.7 Å². The number of benzene rings is 6. The van der Waals surface area contributed by atoms with E-state index in [4.69, 9.17) is 9.47 Å². The van der Waals surface area contributed by atoms with E-state index in [0.717, 1.165) is 33.8 Å². The molecule has 2 heterocycles. The smallest absolute Gasteiger partial charge is 0.118 e. The molecule has 6 aromatic carbocycles. The van der Waals surface area contributed by atoms with Crippen molar-refractivity contribution in [3.05, 3.63) is 190 Å². The molecule has 2 aliphatic carbocycles. The van der Waals surface area contributed by atoms with Gasteiger partial charge in [0.25, 0.3) is 0 Å². The monoisotopic (exact) mass is 712 g/mol. The van der Waals surface area contributed by atoms with Gasteiger partial charge >= 0.3 is 0 Å². The van der Waals surface area contributed by atoms with Crippen molar-refractivity contribution in [2.24, 2.45) is 0 Å². The lowest BCUT2D eigenvalue weighted by molar-refractivity contribution is 0.414. The number of phenols is 2. The molecule has 8 aromatic rings. The van der Waals surface area contributed by atoms with E-state index in [2.05, 4.69) is 97.1 Å². The van der Waals surface area contributed by atoms with Crippen molar-refractivity contribution in [2.45, 2.75) is 10.8 Å². The fourth-order valence-corrected chi connectivity index (χ4v) is 12.1. The highest BCUT2D eigenvalue weighted by Gasteiger charge is 2.53. The van der Waals surface area contributed by atoms with Gasteiger partial charge in [-0.2, -0.15) is 0 Å². The molecule has 0 bridgehead atoms. The Balaban J connectivity index is 1.37. The van der Waals surface area contributed by atoms with Gasteiger partial charge in [-0.25, -0.2) is 0 Å². The van der Waals surface area contributed by atoms with Gasteiger partial charge in [0.15, 0.2) is 0 Å². The summed E-state index contributed by atoms with van der Waals surface area (Å²) < 4.78 is 13.8. The molecule has 10 rings (SSSR count). The predicted molar refractivity (Wildman–Crippen MR) is 211 cm³/mol. The summed E-state index contributed by atoms with van der Waals surface area (Å²) in [5, 5.41) is 21.0. The second kappa shape index (κ2) is 11.3. The van der Waals surface area contributed by atoms with Crippen molar-refractivity contribution in [2.75, 3.05) is 14.2 Å². The van der Waals surface area contributed by atoms with Gasteiger partial charge in [0.05, 0.1) is 34.4 Å². The highest BCUT2D eigenvalue weighted by atomic mass is 32.1. The van der Waals surface area contributed by atoms with E-state index in [1.807, 2.05) is 46.9 Å². The van der Waals surface area contributed by atoms with Gasteiger partial charge in [0, 0.05) is 20.9 Å². The van der Waals surface area contributed by atoms with Crippen LogP contribution < -0.4 is 9.47 Å². The summed E-state index contributed by atoms with van der Waals surface area (Å²) in [4.78, 5) is 2.52. The van der Waals surface area contributed by atoms with Crippen molar-refractivity contribution in [3.63, 3.8) is 0 Å². The molecule has 2 N–H and O–H groups in total. The van der Waals surface area contributed by atoms with Gasteiger partial charge in [-0.3, -0.25) is 0 Å². The van der Waals surface area contributed by atoms with E-state index < -0.39 is 10.8 Å². The summed E-state index contributed by atoms with van der Waals surface area (Å²) in [5.41, 5.74) is 10.6. The van der Waals surface area contributed by atoms with Crippen LogP contribution in [0.15, 0.2) is 146 Å². The third-order valence-corrected chi connectivity index (χ3v) is 13.7. The second-order valence-corrected chi connectivity index (χ2v) is 15.5. The molecule has 0 spiro atoms. The summed E-state index contributed by atoms with van der Waals surface area (Å²) in [6.45, 7) is 0. The van der Waals surface area contributed by atoms with Crippen molar-refractivity contribution in [1.29, 1.82) is 0 Å². The molecule has 0 saturated carbocycles. The second-order valence-electron chi connectivity index (χ2n) is 13.4. The molecule has 0 fully saturated rings. The number of methoxy groups -OCH3 is 2. The maximum atomic E-state index is 10.5. The van der Waals surface area contributed by atoms with Gasteiger partial charge in [-0.05, 0) is 93.0 Å². The Morgan fingerprint density at radius 3 is 1.10 bits per heavy atom. The zero-order chi connectivity index (χ0) is 35.2. The van der Waals surface area contributed by atoms with E-state index in [0.29, 0.717) is 0 Å². The lowest BCUT2D eigenvalue weighted by Crippen LogP contribution is -2.29. The molecule has 0 amide bonds. The fraction of sp³-hybridized carbons (Fsp3) is 0.0870. The average Bonchev–Trinajstić information content (AvgIpc) is 3.90. The maximum Gasteiger partial charge on any atom is 0.118 e. The first kappa shape index (κ1) is 31.0. The minimum atomic E-state index is -0.649. The van der Waals surface area contributed by atoms with Crippen molar-refractivity contribution in [3.8, 4) is 43.9 Å². The Morgan fingerprint density at radius 2 is 0.750 bits per heavy atom. The highest BCUT2D eigenvalue weighted by molar-refractivity contribution is 7.32. The van der Waals surface area contributed by atoms with Crippen LogP contribution in [0.25, 0.3) is 30.3 Å². The number of hydrogen-bond acceptors (Lipinski definition) is 6. The Bertz CT molecular complexity index is 2470. The SMILES string of the molecule is COc1ccc(C2(c3ccc(O)cc3)c3ccccc3-c3sc4c5c(sc4c32)-c2ccccc2C5(c2ccc(O)cc2)c2ccc(OC)cc2)cc1. The molecule has 2 aromatic heterocycles. The summed E-state index contributed by atoms with van der Waals surface area (Å²) in [6.07, 6.45) is 0. The summed E-state index contributed by atoms with van der Waals surface area (Å²) in [7, 11) is 3.40. The van der Waals surface area contributed by atoms with Gasteiger partial charge in [0.1, 0.15) is 23.0 Å². The number of phenolic OH excluding ortho intramolecular Hbond substituents is 2. The van der Waals surface area contributed by atoms with Crippen LogP contribution in [0.2, 0.25) is 0 Å². The largest absolute Gasteiger partial charge is 0.508 e. The third kappa shape index (κ3) is 3.96. The number of rotatable bonds is 6. The van der Waals surface area contributed by atoms with E-state index in [1.165, 1.54) is 52.5 Å². The van der Waals surface area contributed by atoms with E-state index in [1.54, 1.807) is 38.5 Å². The quantitative estimate of drug-likeness (QED) is 0.180. The normalized spacial score (nSPS) is 18.1. The first-order valence-electron chi connectivity index (χ1n) is 17.2. The van der Waals surface area contributed by atoms with Crippen LogP contribution in [0.4, 0.5) is 0 Å². The zero-order valence-electron chi connectivity index (χ0n) is 28.4. The van der Waals surface area contributed by atoms with Crippen molar-refractivity contribution >= 4 is 32.1 Å². The molecule has 252 valence electrons. The van der Waals surface area contributed by atoms with E-state index >= 15 is 0 Å². The minimum absolute atomic E-state index is 0.237. The van der Waals surface area contributed by atoms with Crippen LogP contribution in [0.1, 0.15) is 44.5 Å². The summed E-state index contributed by atoms with van der Waals surface area (Å²) in [6, 6.07) is 50.0. The lowest BCUT2D eigenvalue weighted by atomic mass is 9.67. The Morgan fingerprint density at radius 1 is 0.423 bits per heavy atom. The van der Waals surface area contributed by atoms with Crippen LogP contribution in [0.3, 0.4) is 0 Å². The Labute approximate surface area is 309 Å². The highest BCUT2D eigenvalue weighted by Crippen LogP contribution is 2.68. The Kier molecular flexibility index (Phi) is 6.75. The van der Waals surface area contributed by atoms with E-state index in [-0.39, 0.29) is 11.5 Å². The van der Waals surface area contributed by atoms with Crippen LogP contribution >= 0.6 is 22.7 Å². The molecule has 0 aliphatic heterocycles. The summed E-state index contributed by atoms with van der Waals surface area (Å²) >= 11 is 3.76. The van der Waals surface area contributed by atoms with Gasteiger partial charge < -0.3 is 19.7 Å². The molecule has 52 heavy (non-hydrogen) atoms. The number of aromatic hydroxyl groups is 2. The van der Waals surface area contributed by atoms with Crippen molar-refractivity contribution in [1.82, 2.24) is 0 Å². The predicted octanol–water partition coefficient (Wildman–Crippen LogP) is 11.1. The number of thiophene rings is 2. The van der Waals surface area contributed by atoms with Crippen LogP contribution in [-0.2, 0) is 10.8 Å². The van der Waals surface area contributed by atoms with Crippen molar-refractivity contribution < 1.29 is 19.7 Å². The lowest BCUT2D eigenvalue weighted by Gasteiger charge is -2.34. The molecule has 2 aliphatic rings. The molecule has 2 atom stereocenters. The molecular weight excluding hydrogens is 681 g/mol. The van der Waals surface area contributed by atoms with Crippen LogP contribution in [-0.4, -0.2) is 24.4 Å². The summed E-state index contributed by atoms with van der Waals surface area (Å²) in [5.74, 6) is 2.08. The molecular formula is C46H32O4S2. The Hall–Kier alpha value is -5.82. The standard InChI is InChI=1S/C46H32O4S2/c1-49-33-23-15-29(16-24-33)45(27-11-19-31(47)20-12-27)37-9-5-3-7-35(37)41-39(45)43-44(51-41)40-42(52-43)36-8-4-6-10-38(36)46(40,28-13-21-32(48)22-14-28)30-17-25-34(50-2)26-18-30/h3-26,47-48H,1-2H3. The topological polar surface area (TPSA) is 58.9 Å². The fourth-order valence-electron chi connectivity index (χ4n) is 8.92. The molecule has 2 unspecified atom stereocenters. The molecule has 4 nitrogen and oxygen atoms in total. The third-order valence-electron chi connectivity index (χ3n) is 11.1. The first-order valence-corrected chi connectivity index (χ1v) is 18.8. The number of fused-ring (bicyclic) bond motifs is 9. The zero-order valence-corrected chi connectivity index (χ0v) is 30.0. The minimum Gasteiger partial charge on any atom is -0.508 e. The van der Waals surface area contributed by atoms with Gasteiger partial charge in [0.2, 0.25) is 0 Å².